The van der Waals surface area contributed by atoms with Crippen LogP contribution in [0.15, 0.2) is 227 Å². The molecule has 4 aromatic heterocycles. The van der Waals surface area contributed by atoms with Crippen molar-refractivity contribution in [1.29, 1.82) is 0 Å². The standard InChI is InChI=1S/C63H36N4O2/c1-2-14-38(15-3-1)49-35-52-58(36-54(49)67-53-34-42-19-7-6-18-41(42)32-50(53)47-29-27-39-16-8-9-20-45(39)60(47)67)69-57-24-12-22-48(59(52)57)63-65-61(43-26-25-37-13-4-5-17-40(37)31-43)64-62(66-63)44-28-30-56-51(33-44)46-21-10-11-23-55(46)68-56/h1-36H. The highest BCUT2D eigenvalue weighted by molar-refractivity contribution is 6.22. The summed E-state index contributed by atoms with van der Waals surface area (Å²) in [6.07, 6.45) is 0. The molecular weight excluding hydrogens is 845 g/mol. The second-order valence-electron chi connectivity index (χ2n) is 17.9. The molecule has 0 N–H and O–H groups in total. The molecule has 6 nitrogen and oxygen atoms in total. The van der Waals surface area contributed by atoms with Gasteiger partial charge in [-0.3, -0.25) is 0 Å². The van der Waals surface area contributed by atoms with E-state index in [1.165, 1.54) is 32.3 Å². The minimum absolute atomic E-state index is 0.555. The van der Waals surface area contributed by atoms with Gasteiger partial charge in [-0.1, -0.05) is 158 Å². The van der Waals surface area contributed by atoms with Crippen LogP contribution in [0.1, 0.15) is 0 Å². The maximum atomic E-state index is 6.99. The van der Waals surface area contributed by atoms with Gasteiger partial charge < -0.3 is 13.4 Å². The van der Waals surface area contributed by atoms with E-state index < -0.39 is 0 Å². The molecule has 0 atom stereocenters. The Balaban J connectivity index is 1.01. The van der Waals surface area contributed by atoms with Gasteiger partial charge in [0.15, 0.2) is 17.5 Å². The van der Waals surface area contributed by atoms with Gasteiger partial charge in [0, 0.05) is 66.0 Å². The molecule has 6 heteroatoms. The van der Waals surface area contributed by atoms with E-state index in [1.54, 1.807) is 0 Å². The largest absolute Gasteiger partial charge is 0.456 e. The van der Waals surface area contributed by atoms with Crippen molar-refractivity contribution in [3.63, 3.8) is 0 Å². The first-order chi connectivity index (χ1) is 34.2. The molecule has 0 bridgehead atoms. The Morgan fingerprint density at radius 3 is 1.77 bits per heavy atom. The summed E-state index contributed by atoms with van der Waals surface area (Å²) in [5.41, 5.74) is 11.3. The van der Waals surface area contributed by atoms with Gasteiger partial charge in [-0.2, -0.15) is 0 Å². The summed E-state index contributed by atoms with van der Waals surface area (Å²) in [5, 5.41) is 13.4. The maximum absolute atomic E-state index is 6.99. The highest BCUT2D eigenvalue weighted by Gasteiger charge is 2.24. The molecule has 0 saturated heterocycles. The molecule has 0 spiro atoms. The predicted octanol–water partition coefficient (Wildman–Crippen LogP) is 16.9. The third-order valence-electron chi connectivity index (χ3n) is 14.0. The average molecular weight is 881 g/mol. The highest BCUT2D eigenvalue weighted by atomic mass is 16.3. The van der Waals surface area contributed by atoms with Crippen LogP contribution in [0, 0.1) is 0 Å². The molecule has 320 valence electrons. The number of nitrogens with zero attached hydrogens (tertiary/aromatic N) is 4. The summed E-state index contributed by atoms with van der Waals surface area (Å²) in [7, 11) is 0. The molecule has 0 aliphatic carbocycles. The molecule has 11 aromatic carbocycles. The van der Waals surface area contributed by atoms with Crippen LogP contribution in [0.4, 0.5) is 0 Å². The molecule has 4 heterocycles. The van der Waals surface area contributed by atoms with Crippen molar-refractivity contribution in [2.24, 2.45) is 0 Å². The lowest BCUT2D eigenvalue weighted by molar-refractivity contribution is 0.668. The van der Waals surface area contributed by atoms with E-state index in [1.807, 2.05) is 42.5 Å². The Bertz CT molecular complexity index is 4620. The smallest absolute Gasteiger partial charge is 0.164 e. The molecule has 0 radical (unpaired) electrons. The first kappa shape index (κ1) is 37.8. The van der Waals surface area contributed by atoms with Gasteiger partial charge in [0.05, 0.1) is 16.7 Å². The van der Waals surface area contributed by atoms with Crippen molar-refractivity contribution in [2.75, 3.05) is 0 Å². The van der Waals surface area contributed by atoms with Crippen LogP contribution in [0.3, 0.4) is 0 Å². The molecular formula is C63H36N4O2. The summed E-state index contributed by atoms with van der Waals surface area (Å²) in [5.74, 6) is 1.71. The van der Waals surface area contributed by atoms with Gasteiger partial charge in [-0.15, -0.1) is 0 Å². The fraction of sp³-hybridized carbons (Fsp3) is 0. The number of benzene rings is 11. The lowest BCUT2D eigenvalue weighted by Crippen LogP contribution is -2.00. The fourth-order valence-electron chi connectivity index (χ4n) is 10.7. The van der Waals surface area contributed by atoms with E-state index in [0.717, 1.165) is 99.2 Å². The van der Waals surface area contributed by atoms with Crippen molar-refractivity contribution in [3.05, 3.63) is 218 Å². The van der Waals surface area contributed by atoms with E-state index in [-0.39, 0.29) is 0 Å². The Labute approximate surface area is 394 Å². The molecule has 0 amide bonds. The first-order valence-electron chi connectivity index (χ1n) is 23.2. The molecule has 0 aliphatic heterocycles. The van der Waals surface area contributed by atoms with E-state index in [9.17, 15) is 0 Å². The van der Waals surface area contributed by atoms with Crippen LogP contribution in [-0.2, 0) is 0 Å². The normalized spacial score (nSPS) is 12.1. The fourth-order valence-corrected chi connectivity index (χ4v) is 10.7. The van der Waals surface area contributed by atoms with Gasteiger partial charge >= 0.3 is 0 Å². The topological polar surface area (TPSA) is 69.9 Å². The van der Waals surface area contributed by atoms with Crippen molar-refractivity contribution >= 4 is 98.0 Å². The number of aromatic nitrogens is 4. The van der Waals surface area contributed by atoms with Gasteiger partial charge in [0.1, 0.15) is 22.3 Å². The summed E-state index contributed by atoms with van der Waals surface area (Å²) in [6, 6.07) is 77.0. The molecule has 0 fully saturated rings. The zero-order valence-corrected chi connectivity index (χ0v) is 36.9. The van der Waals surface area contributed by atoms with Gasteiger partial charge in [0.2, 0.25) is 0 Å². The van der Waals surface area contributed by atoms with Crippen LogP contribution in [0.25, 0.3) is 149 Å². The summed E-state index contributed by atoms with van der Waals surface area (Å²) < 4.78 is 15.7. The van der Waals surface area contributed by atoms with E-state index in [2.05, 4.69) is 180 Å². The summed E-state index contributed by atoms with van der Waals surface area (Å²) >= 11 is 0. The Kier molecular flexibility index (Phi) is 7.97. The Morgan fingerprint density at radius 1 is 0.304 bits per heavy atom. The number of hydrogen-bond acceptors (Lipinski definition) is 5. The number of rotatable bonds is 5. The van der Waals surface area contributed by atoms with Crippen molar-refractivity contribution in [2.45, 2.75) is 0 Å². The van der Waals surface area contributed by atoms with Gasteiger partial charge in [-0.05, 0) is 87.1 Å². The van der Waals surface area contributed by atoms with Crippen LogP contribution >= 0.6 is 0 Å². The third-order valence-corrected chi connectivity index (χ3v) is 14.0. The lowest BCUT2D eigenvalue weighted by Gasteiger charge is -2.16. The van der Waals surface area contributed by atoms with Gasteiger partial charge in [0.25, 0.3) is 0 Å². The first-order valence-corrected chi connectivity index (χ1v) is 23.2. The minimum Gasteiger partial charge on any atom is -0.456 e. The van der Waals surface area contributed by atoms with Crippen molar-refractivity contribution in [3.8, 4) is 51.0 Å². The molecule has 0 saturated carbocycles. The Morgan fingerprint density at radius 2 is 0.928 bits per heavy atom. The number of para-hydroxylation sites is 1. The molecule has 69 heavy (non-hydrogen) atoms. The molecule has 15 aromatic rings. The molecule has 0 aliphatic rings. The predicted molar refractivity (Wildman–Crippen MR) is 283 cm³/mol. The van der Waals surface area contributed by atoms with E-state index >= 15 is 0 Å². The minimum atomic E-state index is 0.555. The number of fused-ring (bicyclic) bond motifs is 13. The lowest BCUT2D eigenvalue weighted by atomic mass is 9.98. The quantitative estimate of drug-likeness (QED) is 0.172. The van der Waals surface area contributed by atoms with E-state index in [4.69, 9.17) is 23.8 Å². The highest BCUT2D eigenvalue weighted by Crippen LogP contribution is 2.45. The third kappa shape index (κ3) is 5.82. The summed E-state index contributed by atoms with van der Waals surface area (Å²) in [6.45, 7) is 0. The SMILES string of the molecule is c1ccc(-c2cc3c(cc2-n2c4cc5ccccc5cc4c4ccc5ccccc5c42)oc2cccc(-c4nc(-c5ccc6ccccc6c5)nc(-c5ccc6oc7ccccc7c6c5)n4)c23)cc1. The van der Waals surface area contributed by atoms with E-state index in [0.29, 0.717) is 17.5 Å². The number of hydrogen-bond donors (Lipinski definition) is 0. The maximum Gasteiger partial charge on any atom is 0.164 e. The Hall–Kier alpha value is -9.39. The van der Waals surface area contributed by atoms with Crippen LogP contribution in [0.2, 0.25) is 0 Å². The molecule has 15 rings (SSSR count). The van der Waals surface area contributed by atoms with Gasteiger partial charge in [-0.25, -0.2) is 15.0 Å². The monoisotopic (exact) mass is 880 g/mol. The molecule has 0 unspecified atom stereocenters. The number of furan rings is 2. The van der Waals surface area contributed by atoms with Crippen LogP contribution < -0.4 is 0 Å². The average Bonchev–Trinajstić information content (AvgIpc) is 4.08. The summed E-state index contributed by atoms with van der Waals surface area (Å²) in [4.78, 5) is 15.9. The second-order valence-corrected chi connectivity index (χ2v) is 17.9. The second kappa shape index (κ2) is 14.6. The zero-order chi connectivity index (χ0) is 45.2. The van der Waals surface area contributed by atoms with Crippen LogP contribution in [-0.4, -0.2) is 19.5 Å². The van der Waals surface area contributed by atoms with Crippen molar-refractivity contribution < 1.29 is 8.83 Å². The zero-order valence-electron chi connectivity index (χ0n) is 36.9. The van der Waals surface area contributed by atoms with Crippen molar-refractivity contribution in [1.82, 2.24) is 19.5 Å². The van der Waals surface area contributed by atoms with Crippen LogP contribution in [0.5, 0.6) is 0 Å².